The molecule has 1 N–H and O–H groups in total. The van der Waals surface area contributed by atoms with E-state index in [1.807, 2.05) is 24.3 Å². The Bertz CT molecular complexity index is 700. The molecule has 0 saturated carbocycles. The Kier molecular flexibility index (Phi) is 7.44. The van der Waals surface area contributed by atoms with Crippen molar-refractivity contribution in [2.45, 2.75) is 45.4 Å². The average Bonchev–Trinajstić information content (AvgIpc) is 3.04. The van der Waals surface area contributed by atoms with Crippen molar-refractivity contribution in [3.8, 4) is 5.75 Å². The molecule has 1 heterocycles. The van der Waals surface area contributed by atoms with Gasteiger partial charge in [0.15, 0.2) is 0 Å². The number of thioether (sulfide) groups is 1. The highest BCUT2D eigenvalue weighted by Gasteiger charge is 2.19. The summed E-state index contributed by atoms with van der Waals surface area (Å²) in [5.74, 6) is 1.74. The maximum atomic E-state index is 12.4. The molecule has 142 valence electrons. The van der Waals surface area contributed by atoms with Crippen molar-refractivity contribution >= 4 is 17.7 Å². The maximum absolute atomic E-state index is 12.4. The van der Waals surface area contributed by atoms with E-state index in [2.05, 4.69) is 48.5 Å². The van der Waals surface area contributed by atoms with E-state index in [9.17, 15) is 4.79 Å². The van der Waals surface area contributed by atoms with Gasteiger partial charge in [0.25, 0.3) is 0 Å². The Balaban J connectivity index is 1.96. The quantitative estimate of drug-likeness (QED) is 0.677. The molecule has 26 heavy (non-hydrogen) atoms. The molecule has 8 heteroatoms. The highest BCUT2D eigenvalue weighted by molar-refractivity contribution is 7.99. The van der Waals surface area contributed by atoms with Gasteiger partial charge in [-0.2, -0.15) is 0 Å². The first kappa shape index (κ1) is 20.2. The summed E-state index contributed by atoms with van der Waals surface area (Å²) in [4.78, 5) is 12.4. The lowest BCUT2D eigenvalue weighted by Gasteiger charge is -2.23. The lowest BCUT2D eigenvalue weighted by atomic mass is 9.96. The number of carbonyl (C=O) groups is 1. The fourth-order valence-corrected chi connectivity index (χ4v) is 3.25. The van der Waals surface area contributed by atoms with Gasteiger partial charge < -0.3 is 10.1 Å². The van der Waals surface area contributed by atoms with Crippen molar-refractivity contribution in [3.05, 3.63) is 29.8 Å². The number of nitrogens with one attached hydrogen (secondary N) is 1. The van der Waals surface area contributed by atoms with Gasteiger partial charge in [-0.1, -0.05) is 51.6 Å². The number of tetrazole rings is 1. The second-order valence-corrected chi connectivity index (χ2v) is 7.83. The van der Waals surface area contributed by atoms with Crippen molar-refractivity contribution in [3.63, 3.8) is 0 Å². The molecule has 1 amide bonds. The Morgan fingerprint density at radius 1 is 1.23 bits per heavy atom. The smallest absolute Gasteiger partial charge is 0.230 e. The maximum Gasteiger partial charge on any atom is 0.230 e. The minimum atomic E-state index is -0.0549. The van der Waals surface area contributed by atoms with Gasteiger partial charge in [0.1, 0.15) is 5.75 Å². The number of hydrogen-bond donors (Lipinski definition) is 1. The van der Waals surface area contributed by atoms with E-state index >= 15 is 0 Å². The van der Waals surface area contributed by atoms with Crippen LogP contribution in [0.3, 0.4) is 0 Å². The third kappa shape index (κ3) is 5.72. The zero-order valence-electron chi connectivity index (χ0n) is 16.0. The number of benzene rings is 1. The predicted octanol–water partition coefficient (Wildman–Crippen LogP) is 2.94. The van der Waals surface area contributed by atoms with E-state index in [0.29, 0.717) is 11.1 Å². The SMILES string of the molecule is COc1ccc(C(NC(=O)CSc2nnnn2CC(C)C)C(C)C)cc1. The summed E-state index contributed by atoms with van der Waals surface area (Å²) in [6.45, 7) is 9.12. The lowest BCUT2D eigenvalue weighted by Crippen LogP contribution is -2.33. The van der Waals surface area contributed by atoms with E-state index in [-0.39, 0.29) is 23.6 Å². The molecular formula is C18H27N5O2S. The van der Waals surface area contributed by atoms with Crippen LogP contribution in [0.4, 0.5) is 0 Å². The number of rotatable bonds is 9. The van der Waals surface area contributed by atoms with Crippen LogP contribution < -0.4 is 10.1 Å². The number of carbonyl (C=O) groups excluding carboxylic acids is 1. The molecule has 1 aromatic heterocycles. The van der Waals surface area contributed by atoms with Gasteiger partial charge in [-0.3, -0.25) is 4.79 Å². The molecule has 0 bridgehead atoms. The van der Waals surface area contributed by atoms with E-state index in [1.54, 1.807) is 11.8 Å². The van der Waals surface area contributed by atoms with E-state index in [0.717, 1.165) is 17.9 Å². The molecule has 0 radical (unpaired) electrons. The fourth-order valence-electron chi connectivity index (χ4n) is 2.55. The standard InChI is InChI=1S/C18H27N5O2S/c1-12(2)10-23-18(20-21-22-23)26-11-16(24)19-17(13(3)4)14-6-8-15(25-5)9-7-14/h6-9,12-13,17H,10-11H2,1-5H3,(H,19,24). The molecule has 0 spiro atoms. The highest BCUT2D eigenvalue weighted by Crippen LogP contribution is 2.24. The second-order valence-electron chi connectivity index (χ2n) is 6.89. The van der Waals surface area contributed by atoms with Gasteiger partial charge in [-0.05, 0) is 40.0 Å². The summed E-state index contributed by atoms with van der Waals surface area (Å²) in [5, 5.41) is 15.5. The molecule has 0 aliphatic carbocycles. The highest BCUT2D eigenvalue weighted by atomic mass is 32.2. The van der Waals surface area contributed by atoms with Crippen molar-refractivity contribution in [1.82, 2.24) is 25.5 Å². The number of aromatic nitrogens is 4. The molecule has 0 fully saturated rings. The first-order chi connectivity index (χ1) is 12.4. The molecule has 1 atom stereocenters. The summed E-state index contributed by atoms with van der Waals surface area (Å²) in [6, 6.07) is 7.73. The van der Waals surface area contributed by atoms with Gasteiger partial charge in [-0.15, -0.1) is 5.10 Å². The number of methoxy groups -OCH3 is 1. The van der Waals surface area contributed by atoms with E-state index in [1.165, 1.54) is 11.8 Å². The molecule has 2 aromatic rings. The monoisotopic (exact) mass is 377 g/mol. The van der Waals surface area contributed by atoms with Crippen LogP contribution in [0.5, 0.6) is 5.75 Å². The Hall–Kier alpha value is -2.09. The minimum absolute atomic E-state index is 0.0383. The molecule has 1 unspecified atom stereocenters. The van der Waals surface area contributed by atoms with Gasteiger partial charge in [-0.25, -0.2) is 4.68 Å². The largest absolute Gasteiger partial charge is 0.497 e. The van der Waals surface area contributed by atoms with E-state index < -0.39 is 0 Å². The Labute approximate surface area is 158 Å². The van der Waals surface area contributed by atoms with Crippen LogP contribution in [0.25, 0.3) is 0 Å². The molecule has 0 aliphatic heterocycles. The van der Waals surface area contributed by atoms with Crippen LogP contribution in [0.2, 0.25) is 0 Å². The lowest BCUT2D eigenvalue weighted by molar-refractivity contribution is -0.119. The molecule has 7 nitrogen and oxygen atoms in total. The summed E-state index contributed by atoms with van der Waals surface area (Å²) in [7, 11) is 1.64. The van der Waals surface area contributed by atoms with Gasteiger partial charge in [0.2, 0.25) is 11.1 Å². The number of nitrogens with zero attached hydrogens (tertiary/aromatic N) is 4. The molecule has 2 rings (SSSR count). The normalized spacial score (nSPS) is 12.4. The van der Waals surface area contributed by atoms with Gasteiger partial charge in [0, 0.05) is 6.54 Å². The van der Waals surface area contributed by atoms with Crippen molar-refractivity contribution in [2.24, 2.45) is 11.8 Å². The first-order valence-corrected chi connectivity index (χ1v) is 9.71. The molecule has 0 saturated heterocycles. The van der Waals surface area contributed by atoms with Gasteiger partial charge in [0.05, 0.1) is 18.9 Å². The Morgan fingerprint density at radius 2 is 1.92 bits per heavy atom. The van der Waals surface area contributed by atoms with Crippen molar-refractivity contribution < 1.29 is 9.53 Å². The predicted molar refractivity (Wildman–Crippen MR) is 102 cm³/mol. The first-order valence-electron chi connectivity index (χ1n) is 8.73. The third-order valence-electron chi connectivity index (χ3n) is 3.83. The van der Waals surface area contributed by atoms with Crippen LogP contribution in [-0.2, 0) is 11.3 Å². The van der Waals surface area contributed by atoms with Crippen LogP contribution in [0.1, 0.15) is 39.3 Å². The molecule has 1 aromatic carbocycles. The van der Waals surface area contributed by atoms with E-state index in [4.69, 9.17) is 4.74 Å². The second kappa shape index (κ2) is 9.56. The summed E-state index contributed by atoms with van der Waals surface area (Å²) in [6.07, 6.45) is 0. The topological polar surface area (TPSA) is 81.9 Å². The summed E-state index contributed by atoms with van der Waals surface area (Å²) >= 11 is 1.35. The van der Waals surface area contributed by atoms with Crippen LogP contribution >= 0.6 is 11.8 Å². The summed E-state index contributed by atoms with van der Waals surface area (Å²) < 4.78 is 6.94. The molecule has 0 aliphatic rings. The van der Waals surface area contributed by atoms with Crippen LogP contribution in [0, 0.1) is 11.8 Å². The van der Waals surface area contributed by atoms with Crippen molar-refractivity contribution in [1.29, 1.82) is 0 Å². The number of hydrogen-bond acceptors (Lipinski definition) is 6. The van der Waals surface area contributed by atoms with Crippen molar-refractivity contribution in [2.75, 3.05) is 12.9 Å². The zero-order valence-corrected chi connectivity index (χ0v) is 16.8. The summed E-state index contributed by atoms with van der Waals surface area (Å²) in [5.41, 5.74) is 1.06. The fraction of sp³-hybridized carbons (Fsp3) is 0.556. The third-order valence-corrected chi connectivity index (χ3v) is 4.78. The van der Waals surface area contributed by atoms with Gasteiger partial charge >= 0.3 is 0 Å². The number of amides is 1. The Morgan fingerprint density at radius 3 is 2.50 bits per heavy atom. The molecular weight excluding hydrogens is 350 g/mol. The average molecular weight is 378 g/mol. The van der Waals surface area contributed by atoms with Crippen LogP contribution in [0.15, 0.2) is 29.4 Å². The number of ether oxygens (including phenoxy) is 1. The minimum Gasteiger partial charge on any atom is -0.497 e. The van der Waals surface area contributed by atoms with Crippen LogP contribution in [-0.4, -0.2) is 39.0 Å². The zero-order chi connectivity index (χ0) is 19.1.